The molecule has 0 heterocycles. The number of unbranched alkanes of at least 4 members (excludes halogenated alkanes) is 2. The molecule has 0 rings (SSSR count). The second kappa shape index (κ2) is 15.5. The van der Waals surface area contributed by atoms with E-state index in [0.29, 0.717) is 11.8 Å². The molecule has 2 nitrogen and oxygen atoms in total. The van der Waals surface area contributed by atoms with Crippen molar-refractivity contribution in [2.24, 2.45) is 11.8 Å². The van der Waals surface area contributed by atoms with Gasteiger partial charge in [0.15, 0.2) is 0 Å². The van der Waals surface area contributed by atoms with Crippen molar-refractivity contribution >= 4 is 0 Å². The molecule has 0 bridgehead atoms. The van der Waals surface area contributed by atoms with Crippen molar-refractivity contribution in [1.29, 1.82) is 0 Å². The van der Waals surface area contributed by atoms with E-state index in [1.54, 1.807) is 0 Å². The van der Waals surface area contributed by atoms with Gasteiger partial charge in [-0.05, 0) is 75.4 Å². The third-order valence-electron chi connectivity index (χ3n) is 5.87. The highest BCUT2D eigenvalue weighted by Crippen LogP contribution is 2.23. The van der Waals surface area contributed by atoms with Gasteiger partial charge in [-0.25, -0.2) is 0 Å². The van der Waals surface area contributed by atoms with E-state index in [2.05, 4.69) is 46.8 Å². The predicted octanol–water partition coefficient (Wildman–Crippen LogP) is 6.81. The molecular weight excluding hydrogens is 320 g/mol. The number of aliphatic hydroxyl groups excluding tert-OH is 2. The van der Waals surface area contributed by atoms with Crippen LogP contribution in [0, 0.1) is 11.8 Å². The summed E-state index contributed by atoms with van der Waals surface area (Å²) in [6, 6.07) is 0. The van der Waals surface area contributed by atoms with Crippen LogP contribution in [-0.4, -0.2) is 22.4 Å². The summed E-state index contributed by atoms with van der Waals surface area (Å²) >= 11 is 0. The van der Waals surface area contributed by atoms with E-state index in [9.17, 15) is 10.2 Å². The van der Waals surface area contributed by atoms with Gasteiger partial charge in [0.1, 0.15) is 0 Å². The second-order valence-electron chi connectivity index (χ2n) is 8.22. The fraction of sp³-hybridized carbons (Fsp3) is 0.833. The summed E-state index contributed by atoms with van der Waals surface area (Å²) in [6.07, 6.45) is 14.7. The summed E-state index contributed by atoms with van der Waals surface area (Å²) < 4.78 is 0. The summed E-state index contributed by atoms with van der Waals surface area (Å²) in [5.41, 5.74) is 2.26. The molecule has 0 saturated carbocycles. The molecule has 2 heteroatoms. The van der Waals surface area contributed by atoms with Crippen molar-refractivity contribution in [3.63, 3.8) is 0 Å². The lowest BCUT2D eigenvalue weighted by Gasteiger charge is -2.19. The molecule has 0 saturated heterocycles. The van der Waals surface area contributed by atoms with E-state index in [-0.39, 0.29) is 12.2 Å². The number of allylic oxidation sites excluding steroid dienone is 2. The average Bonchev–Trinajstić information content (AvgIpc) is 2.64. The maximum absolute atomic E-state index is 10.3. The molecule has 4 atom stereocenters. The van der Waals surface area contributed by atoms with Crippen LogP contribution in [0.3, 0.4) is 0 Å². The largest absolute Gasteiger partial charge is 0.389 e. The first-order valence-corrected chi connectivity index (χ1v) is 11.0. The molecule has 0 aromatic carbocycles. The molecule has 26 heavy (non-hydrogen) atoms. The maximum atomic E-state index is 10.3. The molecular formula is C24H46O2. The van der Waals surface area contributed by atoms with Gasteiger partial charge in [0, 0.05) is 0 Å². The van der Waals surface area contributed by atoms with Crippen LogP contribution in [0.15, 0.2) is 23.3 Å². The normalized spacial score (nSPS) is 17.8. The van der Waals surface area contributed by atoms with E-state index in [0.717, 1.165) is 49.7 Å². The molecule has 154 valence electrons. The van der Waals surface area contributed by atoms with Crippen LogP contribution < -0.4 is 0 Å². The van der Waals surface area contributed by atoms with Crippen molar-refractivity contribution in [1.82, 2.24) is 0 Å². The Kier molecular flexibility index (Phi) is 15.1. The monoisotopic (exact) mass is 366 g/mol. The van der Waals surface area contributed by atoms with Gasteiger partial charge in [0.25, 0.3) is 0 Å². The van der Waals surface area contributed by atoms with Crippen LogP contribution in [-0.2, 0) is 0 Å². The Bertz CT molecular complexity index is 397. The van der Waals surface area contributed by atoms with Crippen LogP contribution >= 0.6 is 0 Å². The van der Waals surface area contributed by atoms with E-state index in [4.69, 9.17) is 0 Å². The number of rotatable bonds is 15. The summed E-state index contributed by atoms with van der Waals surface area (Å²) in [4.78, 5) is 0. The molecule has 0 amide bonds. The Balaban J connectivity index is 4.09. The molecule has 0 aliphatic heterocycles. The SMILES string of the molecule is CCC=C(C)C(O)CC(CC)CCCCC=C(C)C(O)CCC(C)CC. The molecule has 0 aliphatic carbocycles. The van der Waals surface area contributed by atoms with Gasteiger partial charge in [-0.15, -0.1) is 0 Å². The molecule has 0 aromatic heterocycles. The maximum Gasteiger partial charge on any atom is 0.0750 e. The van der Waals surface area contributed by atoms with Gasteiger partial charge < -0.3 is 10.2 Å². The summed E-state index contributed by atoms with van der Waals surface area (Å²) in [5.74, 6) is 1.31. The molecule has 4 unspecified atom stereocenters. The van der Waals surface area contributed by atoms with Crippen molar-refractivity contribution < 1.29 is 10.2 Å². The van der Waals surface area contributed by atoms with Crippen LogP contribution in [0.1, 0.15) is 106 Å². The van der Waals surface area contributed by atoms with Crippen molar-refractivity contribution in [3.8, 4) is 0 Å². The number of hydrogen-bond donors (Lipinski definition) is 2. The molecule has 0 radical (unpaired) electrons. The third-order valence-corrected chi connectivity index (χ3v) is 5.87. The molecule has 0 aromatic rings. The quantitative estimate of drug-likeness (QED) is 0.247. The van der Waals surface area contributed by atoms with Gasteiger partial charge in [-0.3, -0.25) is 0 Å². The van der Waals surface area contributed by atoms with Crippen LogP contribution in [0.4, 0.5) is 0 Å². The van der Waals surface area contributed by atoms with Crippen molar-refractivity contribution in [3.05, 3.63) is 23.3 Å². The number of aliphatic hydroxyl groups is 2. The zero-order valence-electron chi connectivity index (χ0n) is 18.4. The van der Waals surface area contributed by atoms with Crippen molar-refractivity contribution in [2.45, 2.75) is 118 Å². The lowest BCUT2D eigenvalue weighted by atomic mass is 9.90. The van der Waals surface area contributed by atoms with Crippen LogP contribution in [0.2, 0.25) is 0 Å². The molecule has 0 fully saturated rings. The Morgan fingerprint density at radius 1 is 0.808 bits per heavy atom. The number of hydrogen-bond acceptors (Lipinski definition) is 2. The summed E-state index contributed by atoms with van der Waals surface area (Å²) in [5, 5.41) is 20.5. The topological polar surface area (TPSA) is 40.5 Å². The first-order valence-electron chi connectivity index (χ1n) is 11.0. The predicted molar refractivity (Wildman–Crippen MR) is 115 cm³/mol. The minimum absolute atomic E-state index is 0.268. The average molecular weight is 367 g/mol. The van der Waals surface area contributed by atoms with Crippen LogP contribution in [0.5, 0.6) is 0 Å². The van der Waals surface area contributed by atoms with Gasteiger partial charge in [0.05, 0.1) is 12.2 Å². The Morgan fingerprint density at radius 2 is 1.46 bits per heavy atom. The Morgan fingerprint density at radius 3 is 2.04 bits per heavy atom. The van der Waals surface area contributed by atoms with Gasteiger partial charge in [-0.2, -0.15) is 0 Å². The standard InChI is InChI=1S/C24H46O2/c1-7-13-20(5)24(26)18-22(9-3)15-12-10-11-14-21(6)23(25)17-16-19(4)8-2/h13-14,19,22-26H,7-12,15-18H2,1-6H3. The molecule has 0 aliphatic rings. The zero-order chi connectivity index (χ0) is 19.9. The van der Waals surface area contributed by atoms with Crippen LogP contribution in [0.25, 0.3) is 0 Å². The van der Waals surface area contributed by atoms with Gasteiger partial charge in [0.2, 0.25) is 0 Å². The van der Waals surface area contributed by atoms with E-state index in [1.807, 2.05) is 6.92 Å². The molecule has 2 N–H and O–H groups in total. The summed E-state index contributed by atoms with van der Waals surface area (Å²) in [6.45, 7) is 12.9. The Labute approximate surface area is 163 Å². The molecule has 0 spiro atoms. The van der Waals surface area contributed by atoms with E-state index < -0.39 is 0 Å². The second-order valence-corrected chi connectivity index (χ2v) is 8.22. The van der Waals surface area contributed by atoms with Crippen molar-refractivity contribution in [2.75, 3.05) is 0 Å². The lowest BCUT2D eigenvalue weighted by molar-refractivity contribution is 0.169. The van der Waals surface area contributed by atoms with E-state index in [1.165, 1.54) is 25.7 Å². The minimum Gasteiger partial charge on any atom is -0.389 e. The minimum atomic E-state index is -0.275. The highest BCUT2D eigenvalue weighted by molar-refractivity contribution is 5.05. The lowest BCUT2D eigenvalue weighted by Crippen LogP contribution is -2.14. The first-order chi connectivity index (χ1) is 12.3. The Hall–Kier alpha value is -0.600. The highest BCUT2D eigenvalue weighted by atomic mass is 16.3. The van der Waals surface area contributed by atoms with Gasteiger partial charge in [-0.1, -0.05) is 65.5 Å². The fourth-order valence-electron chi connectivity index (χ4n) is 3.37. The third kappa shape index (κ3) is 11.9. The zero-order valence-corrected chi connectivity index (χ0v) is 18.4. The van der Waals surface area contributed by atoms with Gasteiger partial charge >= 0.3 is 0 Å². The highest BCUT2D eigenvalue weighted by Gasteiger charge is 2.14. The fourth-order valence-corrected chi connectivity index (χ4v) is 3.37. The summed E-state index contributed by atoms with van der Waals surface area (Å²) in [7, 11) is 0. The smallest absolute Gasteiger partial charge is 0.0750 e. The van der Waals surface area contributed by atoms with E-state index >= 15 is 0 Å². The first kappa shape index (κ1) is 25.4.